The fourth-order valence-electron chi connectivity index (χ4n) is 1.76. The number of hydrogen-bond donors (Lipinski definition) is 1. The van der Waals surface area contributed by atoms with Crippen LogP contribution in [0.25, 0.3) is 0 Å². The number of benzene rings is 1. The number of carbonyl (C=O) groups excluding carboxylic acids is 1. The Morgan fingerprint density at radius 2 is 2.00 bits per heavy atom. The summed E-state index contributed by atoms with van der Waals surface area (Å²) in [6.07, 6.45) is 4.15. The summed E-state index contributed by atoms with van der Waals surface area (Å²) in [5.41, 5.74) is 1.06. The standard InChI is InChI=1S/C14H17NO2/c16-13-8-7-12(11-13)15-9-4-10-17-14-5-2-1-3-6-14/h1-3,5-6,11,15H,4,7-10H2. The highest BCUT2D eigenvalue weighted by atomic mass is 16.5. The fourth-order valence-corrected chi connectivity index (χ4v) is 1.76. The minimum atomic E-state index is 0.230. The summed E-state index contributed by atoms with van der Waals surface area (Å²) in [6, 6.07) is 9.79. The predicted octanol–water partition coefficient (Wildman–Crippen LogP) is 2.29. The number of ether oxygens (including phenoxy) is 1. The van der Waals surface area contributed by atoms with Gasteiger partial charge in [0.05, 0.1) is 6.61 Å². The number of nitrogens with one attached hydrogen (secondary N) is 1. The molecule has 0 aromatic heterocycles. The van der Waals surface area contributed by atoms with E-state index in [1.807, 2.05) is 30.3 Å². The van der Waals surface area contributed by atoms with Gasteiger partial charge in [-0.3, -0.25) is 4.79 Å². The first-order valence-corrected chi connectivity index (χ1v) is 6.00. The number of ketones is 1. The maximum absolute atomic E-state index is 11.0. The molecule has 1 N–H and O–H groups in total. The van der Waals surface area contributed by atoms with Gasteiger partial charge in [0.15, 0.2) is 5.78 Å². The molecule has 0 amide bonds. The van der Waals surface area contributed by atoms with Gasteiger partial charge in [0.25, 0.3) is 0 Å². The second-order valence-electron chi connectivity index (χ2n) is 4.08. The Labute approximate surface area is 101 Å². The molecule has 0 aliphatic heterocycles. The highest BCUT2D eigenvalue weighted by Crippen LogP contribution is 2.11. The van der Waals surface area contributed by atoms with E-state index in [9.17, 15) is 4.79 Å². The molecule has 90 valence electrons. The third kappa shape index (κ3) is 3.94. The molecule has 1 aromatic rings. The van der Waals surface area contributed by atoms with Gasteiger partial charge in [-0.05, 0) is 25.0 Å². The van der Waals surface area contributed by atoms with Gasteiger partial charge < -0.3 is 10.1 Å². The van der Waals surface area contributed by atoms with Crippen molar-refractivity contribution in [2.75, 3.05) is 13.2 Å². The number of hydrogen-bond acceptors (Lipinski definition) is 3. The molecule has 1 aromatic carbocycles. The van der Waals surface area contributed by atoms with Crippen LogP contribution in [0, 0.1) is 0 Å². The van der Waals surface area contributed by atoms with Crippen LogP contribution in [-0.2, 0) is 4.79 Å². The summed E-state index contributed by atoms with van der Waals surface area (Å²) in [7, 11) is 0. The zero-order chi connectivity index (χ0) is 11.9. The van der Waals surface area contributed by atoms with Crippen molar-refractivity contribution in [3.8, 4) is 5.75 Å². The zero-order valence-electron chi connectivity index (χ0n) is 9.82. The SMILES string of the molecule is O=C1C=C(NCCCOc2ccccc2)CC1. The van der Waals surface area contributed by atoms with E-state index >= 15 is 0 Å². The maximum Gasteiger partial charge on any atom is 0.157 e. The highest BCUT2D eigenvalue weighted by molar-refractivity contribution is 5.92. The lowest BCUT2D eigenvalue weighted by molar-refractivity contribution is -0.114. The number of allylic oxidation sites excluding steroid dienone is 2. The number of carbonyl (C=O) groups is 1. The molecule has 0 heterocycles. The maximum atomic E-state index is 11.0. The Hall–Kier alpha value is -1.77. The van der Waals surface area contributed by atoms with Gasteiger partial charge in [-0.15, -0.1) is 0 Å². The van der Waals surface area contributed by atoms with Crippen LogP contribution in [0.3, 0.4) is 0 Å². The van der Waals surface area contributed by atoms with E-state index < -0.39 is 0 Å². The molecule has 3 nitrogen and oxygen atoms in total. The Bertz CT molecular complexity index is 398. The van der Waals surface area contributed by atoms with Crippen LogP contribution >= 0.6 is 0 Å². The topological polar surface area (TPSA) is 38.3 Å². The largest absolute Gasteiger partial charge is 0.494 e. The third-order valence-corrected chi connectivity index (χ3v) is 2.66. The fraction of sp³-hybridized carbons (Fsp3) is 0.357. The average Bonchev–Trinajstić information content (AvgIpc) is 2.76. The van der Waals surface area contributed by atoms with Gasteiger partial charge >= 0.3 is 0 Å². The lowest BCUT2D eigenvalue weighted by Gasteiger charge is -2.08. The first kappa shape index (κ1) is 11.7. The van der Waals surface area contributed by atoms with Crippen molar-refractivity contribution in [1.82, 2.24) is 5.32 Å². The van der Waals surface area contributed by atoms with Crippen LogP contribution < -0.4 is 10.1 Å². The van der Waals surface area contributed by atoms with E-state index in [2.05, 4.69) is 5.32 Å². The van der Waals surface area contributed by atoms with Crippen molar-refractivity contribution in [3.05, 3.63) is 42.1 Å². The minimum absolute atomic E-state index is 0.230. The molecular formula is C14H17NO2. The first-order valence-electron chi connectivity index (χ1n) is 6.00. The van der Waals surface area contributed by atoms with Gasteiger partial charge in [0.2, 0.25) is 0 Å². The van der Waals surface area contributed by atoms with Crippen LogP contribution in [0.5, 0.6) is 5.75 Å². The number of rotatable bonds is 6. The lowest BCUT2D eigenvalue weighted by Crippen LogP contribution is -2.15. The molecule has 0 bridgehead atoms. The van der Waals surface area contributed by atoms with E-state index in [4.69, 9.17) is 4.74 Å². The van der Waals surface area contributed by atoms with Gasteiger partial charge in [0.1, 0.15) is 5.75 Å². The number of para-hydroxylation sites is 1. The Balaban J connectivity index is 1.58. The minimum Gasteiger partial charge on any atom is -0.494 e. The summed E-state index contributed by atoms with van der Waals surface area (Å²) < 4.78 is 5.57. The molecule has 17 heavy (non-hydrogen) atoms. The summed E-state index contributed by atoms with van der Waals surface area (Å²) >= 11 is 0. The summed E-state index contributed by atoms with van der Waals surface area (Å²) in [4.78, 5) is 11.0. The van der Waals surface area contributed by atoms with E-state index in [0.717, 1.165) is 30.8 Å². The third-order valence-electron chi connectivity index (χ3n) is 2.66. The quantitative estimate of drug-likeness (QED) is 0.763. The predicted molar refractivity (Wildman–Crippen MR) is 66.9 cm³/mol. The normalized spacial score (nSPS) is 14.6. The van der Waals surface area contributed by atoms with Crippen LogP contribution in [0.15, 0.2) is 42.1 Å². The molecule has 1 aliphatic carbocycles. The average molecular weight is 231 g/mol. The monoisotopic (exact) mass is 231 g/mol. The lowest BCUT2D eigenvalue weighted by atomic mass is 10.3. The Morgan fingerprint density at radius 1 is 1.18 bits per heavy atom. The molecule has 0 radical (unpaired) electrons. The molecule has 2 rings (SSSR count). The zero-order valence-corrected chi connectivity index (χ0v) is 9.82. The van der Waals surface area contributed by atoms with Crippen molar-refractivity contribution in [2.45, 2.75) is 19.3 Å². The molecule has 0 unspecified atom stereocenters. The Morgan fingerprint density at radius 3 is 2.71 bits per heavy atom. The van der Waals surface area contributed by atoms with Crippen molar-refractivity contribution in [2.24, 2.45) is 0 Å². The second kappa shape index (κ2) is 6.09. The molecule has 0 fully saturated rings. The molecule has 1 aliphatic rings. The van der Waals surface area contributed by atoms with Crippen molar-refractivity contribution in [3.63, 3.8) is 0 Å². The summed E-state index contributed by atoms with van der Waals surface area (Å²) in [5.74, 6) is 1.13. The molecule has 0 atom stereocenters. The second-order valence-corrected chi connectivity index (χ2v) is 4.08. The molecule has 0 saturated carbocycles. The van der Waals surface area contributed by atoms with Gasteiger partial charge in [-0.25, -0.2) is 0 Å². The van der Waals surface area contributed by atoms with Crippen LogP contribution in [0.4, 0.5) is 0 Å². The van der Waals surface area contributed by atoms with Crippen molar-refractivity contribution >= 4 is 5.78 Å². The van der Waals surface area contributed by atoms with Gasteiger partial charge in [0, 0.05) is 24.7 Å². The summed E-state index contributed by atoms with van der Waals surface area (Å²) in [6.45, 7) is 1.55. The molecule has 0 saturated heterocycles. The van der Waals surface area contributed by atoms with E-state index in [0.29, 0.717) is 13.0 Å². The van der Waals surface area contributed by atoms with E-state index in [1.54, 1.807) is 6.08 Å². The highest BCUT2D eigenvalue weighted by Gasteiger charge is 2.10. The van der Waals surface area contributed by atoms with Crippen molar-refractivity contribution < 1.29 is 9.53 Å². The van der Waals surface area contributed by atoms with Crippen molar-refractivity contribution in [1.29, 1.82) is 0 Å². The van der Waals surface area contributed by atoms with E-state index in [-0.39, 0.29) is 5.78 Å². The Kier molecular flexibility index (Phi) is 4.19. The van der Waals surface area contributed by atoms with Crippen LogP contribution in [0.2, 0.25) is 0 Å². The molecule has 3 heteroatoms. The van der Waals surface area contributed by atoms with Gasteiger partial charge in [-0.1, -0.05) is 18.2 Å². The van der Waals surface area contributed by atoms with Gasteiger partial charge in [-0.2, -0.15) is 0 Å². The first-order chi connectivity index (χ1) is 8.34. The molecule has 0 spiro atoms. The molecular weight excluding hydrogens is 214 g/mol. The van der Waals surface area contributed by atoms with E-state index in [1.165, 1.54) is 0 Å². The summed E-state index contributed by atoms with van der Waals surface area (Å²) in [5, 5.41) is 3.26. The van der Waals surface area contributed by atoms with Crippen LogP contribution in [0.1, 0.15) is 19.3 Å². The smallest absolute Gasteiger partial charge is 0.157 e. The van der Waals surface area contributed by atoms with Crippen LogP contribution in [-0.4, -0.2) is 18.9 Å².